The summed E-state index contributed by atoms with van der Waals surface area (Å²) >= 11 is 0. The van der Waals surface area contributed by atoms with Gasteiger partial charge in [-0.3, -0.25) is 0 Å². The van der Waals surface area contributed by atoms with Crippen molar-refractivity contribution in [3.63, 3.8) is 0 Å². The van der Waals surface area contributed by atoms with Crippen LogP contribution in [0.5, 0.6) is 17.2 Å². The first-order valence-corrected chi connectivity index (χ1v) is 9.91. The lowest BCUT2D eigenvalue weighted by atomic mass is 10.0. The van der Waals surface area contributed by atoms with Gasteiger partial charge in [0.15, 0.2) is 0 Å². The van der Waals surface area contributed by atoms with Gasteiger partial charge in [0.05, 0.1) is 30.9 Å². The van der Waals surface area contributed by atoms with Crippen molar-refractivity contribution in [1.82, 2.24) is 4.72 Å². The number of furan rings is 1. The number of hydrogen-bond donors (Lipinski definition) is 2. The molecule has 0 fully saturated rings. The maximum Gasteiger partial charge on any atom is 0.241 e. The first kappa shape index (κ1) is 19.8. The number of methoxy groups -OCH3 is 2. The standard InChI is InChI=1S/C20H21NO6S/c1-13-6-8-15(9-7-13)28(23,24)21-20(17-5-4-10-27-17)19-16(22)11-14(25-2)12-18(19)26-3/h4-12,20-22H,1-3H3/t20-/m0/s1. The molecule has 28 heavy (non-hydrogen) atoms. The van der Waals surface area contributed by atoms with Gasteiger partial charge in [-0.15, -0.1) is 0 Å². The Morgan fingerprint density at radius 3 is 2.36 bits per heavy atom. The van der Waals surface area contributed by atoms with Gasteiger partial charge < -0.3 is 19.0 Å². The summed E-state index contributed by atoms with van der Waals surface area (Å²) in [4.78, 5) is 0.0987. The first-order valence-electron chi connectivity index (χ1n) is 8.43. The van der Waals surface area contributed by atoms with Crippen molar-refractivity contribution < 1.29 is 27.4 Å². The van der Waals surface area contributed by atoms with Crippen molar-refractivity contribution in [1.29, 1.82) is 0 Å². The summed E-state index contributed by atoms with van der Waals surface area (Å²) in [7, 11) is -1.04. The fourth-order valence-electron chi connectivity index (χ4n) is 2.82. The van der Waals surface area contributed by atoms with Crippen LogP contribution in [0.25, 0.3) is 0 Å². The zero-order chi connectivity index (χ0) is 20.3. The van der Waals surface area contributed by atoms with Crippen LogP contribution < -0.4 is 14.2 Å². The molecular formula is C20H21NO6S. The number of phenolic OH excluding ortho intramolecular Hbond substituents is 1. The molecule has 0 saturated heterocycles. The van der Waals surface area contributed by atoms with Crippen LogP contribution in [-0.4, -0.2) is 27.7 Å². The van der Waals surface area contributed by atoms with E-state index in [1.54, 1.807) is 30.3 Å². The van der Waals surface area contributed by atoms with E-state index in [9.17, 15) is 13.5 Å². The predicted molar refractivity (Wildman–Crippen MR) is 103 cm³/mol. The number of aromatic hydroxyl groups is 1. The van der Waals surface area contributed by atoms with Gasteiger partial charge in [0.1, 0.15) is 29.1 Å². The van der Waals surface area contributed by atoms with Gasteiger partial charge in [0.25, 0.3) is 0 Å². The zero-order valence-electron chi connectivity index (χ0n) is 15.7. The smallest absolute Gasteiger partial charge is 0.241 e. The van der Waals surface area contributed by atoms with E-state index in [0.717, 1.165) is 5.56 Å². The summed E-state index contributed by atoms with van der Waals surface area (Å²) in [5.74, 6) is 0.737. The molecule has 1 atom stereocenters. The van der Waals surface area contributed by atoms with Crippen LogP contribution in [0, 0.1) is 6.92 Å². The van der Waals surface area contributed by atoms with Gasteiger partial charge in [-0.1, -0.05) is 17.7 Å². The summed E-state index contributed by atoms with van der Waals surface area (Å²) in [5, 5.41) is 10.6. The zero-order valence-corrected chi connectivity index (χ0v) is 16.5. The SMILES string of the molecule is COc1cc(O)c([C@@H](NS(=O)(=O)c2ccc(C)cc2)c2ccco2)c(OC)c1. The molecule has 0 spiro atoms. The van der Waals surface area contributed by atoms with Crippen molar-refractivity contribution in [2.75, 3.05) is 14.2 Å². The second-order valence-corrected chi connectivity index (χ2v) is 7.86. The van der Waals surface area contributed by atoms with Crippen molar-refractivity contribution in [3.8, 4) is 17.2 Å². The van der Waals surface area contributed by atoms with Gasteiger partial charge in [0.2, 0.25) is 10.0 Å². The molecule has 7 nitrogen and oxygen atoms in total. The number of phenols is 1. The fraction of sp³-hybridized carbons (Fsp3) is 0.200. The normalized spacial score (nSPS) is 12.5. The minimum Gasteiger partial charge on any atom is -0.507 e. The molecule has 0 aliphatic carbocycles. The molecule has 0 saturated carbocycles. The van der Waals surface area contributed by atoms with Crippen LogP contribution in [-0.2, 0) is 10.0 Å². The minimum atomic E-state index is -3.92. The highest BCUT2D eigenvalue weighted by atomic mass is 32.2. The average Bonchev–Trinajstić information content (AvgIpc) is 3.20. The van der Waals surface area contributed by atoms with Crippen LogP contribution in [0.2, 0.25) is 0 Å². The van der Waals surface area contributed by atoms with Crippen molar-refractivity contribution in [3.05, 3.63) is 71.7 Å². The van der Waals surface area contributed by atoms with E-state index in [-0.39, 0.29) is 22.0 Å². The van der Waals surface area contributed by atoms with E-state index >= 15 is 0 Å². The number of benzene rings is 2. The maximum absolute atomic E-state index is 13.0. The molecule has 3 rings (SSSR count). The molecule has 3 aromatic rings. The number of hydrogen-bond acceptors (Lipinski definition) is 6. The van der Waals surface area contributed by atoms with Crippen LogP contribution in [0.4, 0.5) is 0 Å². The largest absolute Gasteiger partial charge is 0.507 e. The van der Waals surface area contributed by atoms with E-state index in [2.05, 4.69) is 4.72 Å². The van der Waals surface area contributed by atoms with E-state index in [1.807, 2.05) is 6.92 Å². The quantitative estimate of drug-likeness (QED) is 0.628. The Morgan fingerprint density at radius 1 is 1.07 bits per heavy atom. The molecular weight excluding hydrogens is 382 g/mol. The Hall–Kier alpha value is -2.97. The number of aryl methyl sites for hydroxylation is 1. The fourth-order valence-corrected chi connectivity index (χ4v) is 3.99. The highest BCUT2D eigenvalue weighted by Gasteiger charge is 2.30. The van der Waals surface area contributed by atoms with Crippen LogP contribution in [0.1, 0.15) is 22.9 Å². The highest BCUT2D eigenvalue weighted by Crippen LogP contribution is 2.40. The molecule has 8 heteroatoms. The average molecular weight is 403 g/mol. The molecule has 2 N–H and O–H groups in total. The summed E-state index contributed by atoms with van der Waals surface area (Å²) in [6.45, 7) is 1.87. The molecule has 0 aliphatic rings. The third-order valence-corrected chi connectivity index (χ3v) is 5.71. The third-order valence-electron chi connectivity index (χ3n) is 4.27. The summed E-state index contributed by atoms with van der Waals surface area (Å²) in [5.41, 5.74) is 1.16. The molecule has 0 aliphatic heterocycles. The predicted octanol–water partition coefficient (Wildman–Crippen LogP) is 3.38. The topological polar surface area (TPSA) is 98.0 Å². The summed E-state index contributed by atoms with van der Waals surface area (Å²) in [6.07, 6.45) is 1.43. The van der Waals surface area contributed by atoms with E-state index in [0.29, 0.717) is 11.5 Å². The Morgan fingerprint density at radius 2 is 1.79 bits per heavy atom. The van der Waals surface area contributed by atoms with E-state index in [1.165, 1.54) is 38.7 Å². The number of sulfonamides is 1. The van der Waals surface area contributed by atoms with Gasteiger partial charge in [0, 0.05) is 12.1 Å². The van der Waals surface area contributed by atoms with Gasteiger partial charge >= 0.3 is 0 Å². The molecule has 1 aromatic heterocycles. The summed E-state index contributed by atoms with van der Waals surface area (Å²) in [6, 6.07) is 11.6. The van der Waals surface area contributed by atoms with Crippen LogP contribution >= 0.6 is 0 Å². The molecule has 0 bridgehead atoms. The molecule has 148 valence electrons. The third kappa shape index (κ3) is 3.97. The summed E-state index contributed by atoms with van der Waals surface area (Å²) < 4.78 is 44.5. The molecule has 0 radical (unpaired) electrons. The van der Waals surface area contributed by atoms with E-state index < -0.39 is 16.1 Å². The molecule has 0 amide bonds. The number of ether oxygens (including phenoxy) is 2. The number of rotatable bonds is 7. The number of nitrogens with one attached hydrogen (secondary N) is 1. The highest BCUT2D eigenvalue weighted by molar-refractivity contribution is 7.89. The van der Waals surface area contributed by atoms with Gasteiger partial charge in [-0.05, 0) is 31.2 Å². The lowest BCUT2D eigenvalue weighted by Crippen LogP contribution is -2.29. The first-order chi connectivity index (χ1) is 13.4. The Kier molecular flexibility index (Phi) is 5.62. The van der Waals surface area contributed by atoms with Crippen LogP contribution in [0.15, 0.2) is 64.1 Å². The lowest BCUT2D eigenvalue weighted by molar-refractivity contribution is 0.370. The molecule has 0 unspecified atom stereocenters. The second kappa shape index (κ2) is 7.95. The Bertz CT molecular complexity index is 1040. The van der Waals surface area contributed by atoms with E-state index in [4.69, 9.17) is 13.9 Å². The molecule has 1 heterocycles. The maximum atomic E-state index is 13.0. The molecule has 2 aromatic carbocycles. The van der Waals surface area contributed by atoms with Gasteiger partial charge in [-0.2, -0.15) is 4.72 Å². The van der Waals surface area contributed by atoms with Crippen molar-refractivity contribution in [2.24, 2.45) is 0 Å². The monoisotopic (exact) mass is 403 g/mol. The second-order valence-electron chi connectivity index (χ2n) is 6.15. The van der Waals surface area contributed by atoms with Crippen molar-refractivity contribution in [2.45, 2.75) is 17.9 Å². The minimum absolute atomic E-state index is 0.0987. The van der Waals surface area contributed by atoms with Gasteiger partial charge in [-0.25, -0.2) is 8.42 Å². The van der Waals surface area contributed by atoms with Crippen molar-refractivity contribution >= 4 is 10.0 Å². The Balaban J connectivity index is 2.11. The van der Waals surface area contributed by atoms with Crippen LogP contribution in [0.3, 0.4) is 0 Å². The lowest BCUT2D eigenvalue weighted by Gasteiger charge is -2.21. The Labute approximate surface area is 163 Å².